The average Bonchev–Trinajstić information content (AvgIpc) is 2.66. The molecule has 0 bridgehead atoms. The molecule has 3 unspecified atom stereocenters. The van der Waals surface area contributed by atoms with Gasteiger partial charge >= 0.3 is 0 Å². The van der Waals surface area contributed by atoms with E-state index in [0.717, 1.165) is 32.6 Å². The summed E-state index contributed by atoms with van der Waals surface area (Å²) in [6.07, 6.45) is 2.31. The van der Waals surface area contributed by atoms with Crippen LogP contribution in [0, 0.1) is 5.92 Å². The minimum absolute atomic E-state index is 0.442. The SMILES string of the molecule is CCC(C)NC(CN)C1CCOC1. The Bertz CT molecular complexity index is 135. The minimum Gasteiger partial charge on any atom is -0.381 e. The van der Waals surface area contributed by atoms with E-state index in [1.165, 1.54) is 0 Å². The van der Waals surface area contributed by atoms with Gasteiger partial charge in [-0.25, -0.2) is 0 Å². The molecule has 1 saturated heterocycles. The number of hydrogen-bond acceptors (Lipinski definition) is 3. The van der Waals surface area contributed by atoms with Gasteiger partial charge in [0, 0.05) is 31.2 Å². The second kappa shape index (κ2) is 5.58. The minimum atomic E-state index is 0.442. The fraction of sp³-hybridized carbons (Fsp3) is 1.00. The van der Waals surface area contributed by atoms with Crippen LogP contribution in [-0.4, -0.2) is 31.8 Å². The molecule has 3 atom stereocenters. The van der Waals surface area contributed by atoms with Gasteiger partial charge in [0.15, 0.2) is 0 Å². The van der Waals surface area contributed by atoms with Gasteiger partial charge in [-0.15, -0.1) is 0 Å². The Kier molecular flexibility index (Phi) is 4.70. The summed E-state index contributed by atoms with van der Waals surface area (Å²) in [7, 11) is 0. The summed E-state index contributed by atoms with van der Waals surface area (Å²) < 4.78 is 5.36. The van der Waals surface area contributed by atoms with Crippen molar-refractivity contribution in [3.63, 3.8) is 0 Å². The van der Waals surface area contributed by atoms with E-state index in [0.29, 0.717) is 18.0 Å². The monoisotopic (exact) mass is 186 g/mol. The number of nitrogens with one attached hydrogen (secondary N) is 1. The predicted octanol–water partition coefficient (Wildman–Crippen LogP) is 0.738. The number of rotatable bonds is 5. The van der Waals surface area contributed by atoms with Crippen LogP contribution in [-0.2, 0) is 4.74 Å². The van der Waals surface area contributed by atoms with Gasteiger partial charge in [0.05, 0.1) is 6.61 Å². The normalized spacial score (nSPS) is 27.5. The third kappa shape index (κ3) is 3.25. The average molecular weight is 186 g/mol. The fourth-order valence-corrected chi connectivity index (χ4v) is 1.75. The zero-order valence-corrected chi connectivity index (χ0v) is 8.75. The van der Waals surface area contributed by atoms with Gasteiger partial charge in [-0.2, -0.15) is 0 Å². The molecule has 0 aromatic rings. The van der Waals surface area contributed by atoms with Crippen LogP contribution in [0.5, 0.6) is 0 Å². The van der Waals surface area contributed by atoms with Gasteiger partial charge in [0.25, 0.3) is 0 Å². The van der Waals surface area contributed by atoms with E-state index < -0.39 is 0 Å². The molecule has 0 amide bonds. The van der Waals surface area contributed by atoms with E-state index >= 15 is 0 Å². The molecule has 0 saturated carbocycles. The summed E-state index contributed by atoms with van der Waals surface area (Å²) >= 11 is 0. The summed E-state index contributed by atoms with van der Waals surface area (Å²) in [6.45, 7) is 6.90. The second-order valence-electron chi connectivity index (χ2n) is 3.94. The molecule has 3 heteroatoms. The Morgan fingerprint density at radius 2 is 2.38 bits per heavy atom. The van der Waals surface area contributed by atoms with Gasteiger partial charge in [0.1, 0.15) is 0 Å². The number of hydrogen-bond donors (Lipinski definition) is 2. The fourth-order valence-electron chi connectivity index (χ4n) is 1.75. The van der Waals surface area contributed by atoms with E-state index in [1.54, 1.807) is 0 Å². The van der Waals surface area contributed by atoms with E-state index in [9.17, 15) is 0 Å². The van der Waals surface area contributed by atoms with Crippen molar-refractivity contribution in [3.05, 3.63) is 0 Å². The lowest BCUT2D eigenvalue weighted by Gasteiger charge is -2.25. The van der Waals surface area contributed by atoms with E-state index in [1.807, 2.05) is 0 Å². The predicted molar refractivity (Wildman–Crippen MR) is 54.7 cm³/mol. The van der Waals surface area contributed by atoms with Crippen molar-refractivity contribution in [2.24, 2.45) is 11.7 Å². The topological polar surface area (TPSA) is 47.3 Å². The standard InChI is InChI=1S/C10H22N2O/c1-3-8(2)12-10(6-11)9-4-5-13-7-9/h8-10,12H,3-7,11H2,1-2H3. The zero-order chi connectivity index (χ0) is 9.68. The first-order valence-corrected chi connectivity index (χ1v) is 5.31. The smallest absolute Gasteiger partial charge is 0.0510 e. The van der Waals surface area contributed by atoms with Crippen LogP contribution >= 0.6 is 0 Å². The molecule has 1 heterocycles. The molecule has 1 aliphatic heterocycles. The summed E-state index contributed by atoms with van der Waals surface area (Å²) in [5, 5.41) is 3.55. The second-order valence-corrected chi connectivity index (χ2v) is 3.94. The molecule has 0 aromatic carbocycles. The lowest BCUT2D eigenvalue weighted by Crippen LogP contribution is -2.46. The highest BCUT2D eigenvalue weighted by molar-refractivity contribution is 4.81. The highest BCUT2D eigenvalue weighted by Gasteiger charge is 2.25. The molecular formula is C10H22N2O. The molecular weight excluding hydrogens is 164 g/mol. The Hall–Kier alpha value is -0.120. The van der Waals surface area contributed by atoms with E-state index in [2.05, 4.69) is 19.2 Å². The third-order valence-corrected chi connectivity index (χ3v) is 2.90. The van der Waals surface area contributed by atoms with Crippen molar-refractivity contribution in [2.45, 2.75) is 38.8 Å². The van der Waals surface area contributed by atoms with Gasteiger partial charge in [-0.05, 0) is 19.8 Å². The lowest BCUT2D eigenvalue weighted by molar-refractivity contribution is 0.175. The maximum absolute atomic E-state index is 5.74. The molecule has 3 nitrogen and oxygen atoms in total. The van der Waals surface area contributed by atoms with Crippen LogP contribution in [0.4, 0.5) is 0 Å². The lowest BCUT2D eigenvalue weighted by atomic mass is 9.98. The molecule has 0 aromatic heterocycles. The van der Waals surface area contributed by atoms with Crippen LogP contribution in [0.15, 0.2) is 0 Å². The van der Waals surface area contributed by atoms with Gasteiger partial charge in [0.2, 0.25) is 0 Å². The molecule has 0 radical (unpaired) electrons. The van der Waals surface area contributed by atoms with Crippen LogP contribution in [0.25, 0.3) is 0 Å². The third-order valence-electron chi connectivity index (χ3n) is 2.90. The van der Waals surface area contributed by atoms with Crippen molar-refractivity contribution in [3.8, 4) is 0 Å². The van der Waals surface area contributed by atoms with Crippen molar-refractivity contribution in [1.29, 1.82) is 0 Å². The molecule has 1 aliphatic rings. The Morgan fingerprint density at radius 1 is 1.62 bits per heavy atom. The first-order chi connectivity index (χ1) is 6.27. The quantitative estimate of drug-likeness (QED) is 0.665. The summed E-state index contributed by atoms with van der Waals surface area (Å²) in [6, 6.07) is 1.01. The molecule has 3 N–H and O–H groups in total. The summed E-state index contributed by atoms with van der Waals surface area (Å²) in [5.74, 6) is 0.624. The van der Waals surface area contributed by atoms with Crippen molar-refractivity contribution >= 4 is 0 Å². The van der Waals surface area contributed by atoms with Gasteiger partial charge in [-0.1, -0.05) is 6.92 Å². The van der Waals surface area contributed by atoms with Crippen molar-refractivity contribution in [2.75, 3.05) is 19.8 Å². The van der Waals surface area contributed by atoms with Crippen LogP contribution in [0.1, 0.15) is 26.7 Å². The van der Waals surface area contributed by atoms with Crippen LogP contribution < -0.4 is 11.1 Å². The first kappa shape index (κ1) is 11.0. The molecule has 0 aliphatic carbocycles. The van der Waals surface area contributed by atoms with Crippen LogP contribution in [0.3, 0.4) is 0 Å². The zero-order valence-electron chi connectivity index (χ0n) is 8.75. The maximum Gasteiger partial charge on any atom is 0.0510 e. The maximum atomic E-state index is 5.74. The molecule has 1 fully saturated rings. The molecule has 0 spiro atoms. The van der Waals surface area contributed by atoms with E-state index in [4.69, 9.17) is 10.5 Å². The Labute approximate surface area is 81.0 Å². The highest BCUT2D eigenvalue weighted by Crippen LogP contribution is 2.16. The van der Waals surface area contributed by atoms with Crippen LogP contribution in [0.2, 0.25) is 0 Å². The van der Waals surface area contributed by atoms with Crippen molar-refractivity contribution < 1.29 is 4.74 Å². The Morgan fingerprint density at radius 3 is 2.85 bits per heavy atom. The molecule has 78 valence electrons. The largest absolute Gasteiger partial charge is 0.381 e. The Balaban J connectivity index is 2.32. The summed E-state index contributed by atoms with van der Waals surface area (Å²) in [4.78, 5) is 0. The van der Waals surface area contributed by atoms with Crippen molar-refractivity contribution in [1.82, 2.24) is 5.32 Å². The van der Waals surface area contributed by atoms with Gasteiger partial charge < -0.3 is 15.8 Å². The first-order valence-electron chi connectivity index (χ1n) is 5.31. The van der Waals surface area contributed by atoms with E-state index in [-0.39, 0.29) is 0 Å². The highest BCUT2D eigenvalue weighted by atomic mass is 16.5. The summed E-state index contributed by atoms with van der Waals surface area (Å²) in [5.41, 5.74) is 5.74. The number of ether oxygens (including phenoxy) is 1. The molecule has 1 rings (SSSR count). The number of nitrogens with two attached hydrogens (primary N) is 1. The molecule has 13 heavy (non-hydrogen) atoms. The van der Waals surface area contributed by atoms with Gasteiger partial charge in [-0.3, -0.25) is 0 Å².